The Labute approximate surface area is 105 Å². The van der Waals surface area contributed by atoms with Gasteiger partial charge in [0.2, 0.25) is 0 Å². The van der Waals surface area contributed by atoms with Crippen LogP contribution in [0.4, 0.5) is 0 Å². The molecule has 1 aliphatic rings. The summed E-state index contributed by atoms with van der Waals surface area (Å²) in [6.45, 7) is 6.29. The molecular weight excluding hydrogens is 268 g/mol. The first-order valence-corrected chi connectivity index (χ1v) is 6.63. The highest BCUT2D eigenvalue weighted by Gasteiger charge is 2.37. The highest BCUT2D eigenvalue weighted by atomic mass is 79.9. The first-order valence-electron chi connectivity index (χ1n) is 5.84. The van der Waals surface area contributed by atoms with Crippen LogP contribution >= 0.6 is 15.9 Å². The molecular formula is C12H19BrN2O. The Morgan fingerprint density at radius 3 is 2.81 bits per heavy atom. The van der Waals surface area contributed by atoms with Crippen LogP contribution in [0.15, 0.2) is 21.2 Å². The maximum absolute atomic E-state index is 5.85. The fourth-order valence-corrected chi connectivity index (χ4v) is 2.91. The molecule has 90 valence electrons. The van der Waals surface area contributed by atoms with Gasteiger partial charge in [-0.3, -0.25) is 4.90 Å². The molecule has 0 radical (unpaired) electrons. The minimum atomic E-state index is 0.344. The summed E-state index contributed by atoms with van der Waals surface area (Å²) in [6, 6.07) is 4.89. The second-order valence-electron chi connectivity index (χ2n) is 4.70. The van der Waals surface area contributed by atoms with Gasteiger partial charge in [-0.1, -0.05) is 0 Å². The van der Waals surface area contributed by atoms with E-state index in [4.69, 9.17) is 10.2 Å². The van der Waals surface area contributed by atoms with Gasteiger partial charge in [0.1, 0.15) is 5.76 Å². The molecule has 16 heavy (non-hydrogen) atoms. The molecule has 1 saturated heterocycles. The quantitative estimate of drug-likeness (QED) is 0.929. The SMILES string of the molecule is CC(C)N1CCC(CN)C1c1ccc(Br)o1. The number of halogens is 1. The van der Waals surface area contributed by atoms with Gasteiger partial charge < -0.3 is 10.2 Å². The number of likely N-dealkylation sites (tertiary alicyclic amines) is 1. The zero-order valence-electron chi connectivity index (χ0n) is 9.82. The number of rotatable bonds is 3. The van der Waals surface area contributed by atoms with E-state index in [0.29, 0.717) is 18.0 Å². The first-order chi connectivity index (χ1) is 7.63. The monoisotopic (exact) mass is 286 g/mol. The largest absolute Gasteiger partial charge is 0.453 e. The molecule has 2 unspecified atom stereocenters. The zero-order valence-corrected chi connectivity index (χ0v) is 11.4. The van der Waals surface area contributed by atoms with Crippen LogP contribution in [0.25, 0.3) is 0 Å². The summed E-state index contributed by atoms with van der Waals surface area (Å²) in [5.41, 5.74) is 5.85. The van der Waals surface area contributed by atoms with Crippen LogP contribution < -0.4 is 5.73 Å². The van der Waals surface area contributed by atoms with Crippen LogP contribution in [0.5, 0.6) is 0 Å². The summed E-state index contributed by atoms with van der Waals surface area (Å²) in [5.74, 6) is 1.55. The van der Waals surface area contributed by atoms with E-state index in [1.165, 1.54) is 0 Å². The number of hydrogen-bond donors (Lipinski definition) is 1. The third kappa shape index (κ3) is 2.19. The molecule has 0 amide bonds. The number of furan rings is 1. The van der Waals surface area contributed by atoms with E-state index >= 15 is 0 Å². The van der Waals surface area contributed by atoms with Gasteiger partial charge in [-0.2, -0.15) is 0 Å². The lowest BCUT2D eigenvalue weighted by molar-refractivity contribution is 0.161. The Morgan fingerprint density at radius 1 is 1.56 bits per heavy atom. The van der Waals surface area contributed by atoms with Crippen molar-refractivity contribution in [3.63, 3.8) is 0 Å². The molecule has 1 aromatic heterocycles. The summed E-state index contributed by atoms with van der Waals surface area (Å²) in [5, 5.41) is 0. The van der Waals surface area contributed by atoms with Crippen LogP contribution in [0.1, 0.15) is 32.1 Å². The molecule has 0 aliphatic carbocycles. The molecule has 2 atom stereocenters. The Kier molecular flexibility index (Phi) is 3.72. The number of nitrogens with zero attached hydrogens (tertiary/aromatic N) is 1. The smallest absolute Gasteiger partial charge is 0.169 e. The summed E-state index contributed by atoms with van der Waals surface area (Å²) in [7, 11) is 0. The average molecular weight is 287 g/mol. The molecule has 0 spiro atoms. The van der Waals surface area contributed by atoms with Gasteiger partial charge in [0.05, 0.1) is 6.04 Å². The summed E-state index contributed by atoms with van der Waals surface area (Å²) in [6.07, 6.45) is 1.16. The van der Waals surface area contributed by atoms with Crippen molar-refractivity contribution in [1.29, 1.82) is 0 Å². The third-order valence-corrected chi connectivity index (χ3v) is 3.84. The lowest BCUT2D eigenvalue weighted by Gasteiger charge is -2.29. The van der Waals surface area contributed by atoms with Crippen LogP contribution in [0.2, 0.25) is 0 Å². The molecule has 1 fully saturated rings. The Morgan fingerprint density at radius 2 is 2.31 bits per heavy atom. The van der Waals surface area contributed by atoms with Crippen molar-refractivity contribution in [2.24, 2.45) is 11.7 Å². The number of hydrogen-bond acceptors (Lipinski definition) is 3. The molecule has 2 rings (SSSR count). The lowest BCUT2D eigenvalue weighted by Crippen LogP contribution is -2.33. The van der Waals surface area contributed by atoms with E-state index in [0.717, 1.165) is 29.9 Å². The highest BCUT2D eigenvalue weighted by Crippen LogP contribution is 2.39. The van der Waals surface area contributed by atoms with Gasteiger partial charge in [0.25, 0.3) is 0 Å². The lowest BCUT2D eigenvalue weighted by atomic mass is 9.98. The summed E-state index contributed by atoms with van der Waals surface area (Å²) in [4.78, 5) is 2.47. The van der Waals surface area contributed by atoms with Crippen molar-refractivity contribution in [3.05, 3.63) is 22.6 Å². The van der Waals surface area contributed by atoms with E-state index in [2.05, 4.69) is 40.7 Å². The Hall–Kier alpha value is -0.320. The second-order valence-corrected chi connectivity index (χ2v) is 5.48. The van der Waals surface area contributed by atoms with Crippen molar-refractivity contribution in [1.82, 2.24) is 4.90 Å². The van der Waals surface area contributed by atoms with E-state index in [9.17, 15) is 0 Å². The molecule has 1 aromatic rings. The van der Waals surface area contributed by atoms with Gasteiger partial charge in [0.15, 0.2) is 4.67 Å². The first kappa shape index (κ1) is 12.1. The predicted octanol–water partition coefficient (Wildman–Crippen LogP) is 2.77. The van der Waals surface area contributed by atoms with Crippen molar-refractivity contribution in [2.75, 3.05) is 13.1 Å². The van der Waals surface area contributed by atoms with Crippen molar-refractivity contribution >= 4 is 15.9 Å². The third-order valence-electron chi connectivity index (χ3n) is 3.41. The fourth-order valence-electron chi connectivity index (χ4n) is 2.59. The van der Waals surface area contributed by atoms with Crippen molar-refractivity contribution in [3.8, 4) is 0 Å². The Balaban J connectivity index is 2.25. The average Bonchev–Trinajstić information content (AvgIpc) is 2.82. The zero-order chi connectivity index (χ0) is 11.7. The fraction of sp³-hybridized carbons (Fsp3) is 0.667. The minimum absolute atomic E-state index is 0.344. The van der Waals surface area contributed by atoms with Crippen molar-refractivity contribution in [2.45, 2.75) is 32.4 Å². The maximum Gasteiger partial charge on any atom is 0.169 e. The molecule has 1 aliphatic heterocycles. The summed E-state index contributed by atoms with van der Waals surface area (Å²) >= 11 is 3.36. The molecule has 0 bridgehead atoms. The normalized spacial score (nSPS) is 26.8. The standard InChI is InChI=1S/C12H19BrN2O/c1-8(2)15-6-5-9(7-14)12(15)10-3-4-11(13)16-10/h3-4,8-9,12H,5-7,14H2,1-2H3. The van der Waals surface area contributed by atoms with Gasteiger partial charge in [0, 0.05) is 6.04 Å². The molecule has 0 saturated carbocycles. The van der Waals surface area contributed by atoms with E-state index in [-0.39, 0.29) is 0 Å². The van der Waals surface area contributed by atoms with Crippen LogP contribution in [0.3, 0.4) is 0 Å². The van der Waals surface area contributed by atoms with Crippen molar-refractivity contribution < 1.29 is 4.42 Å². The maximum atomic E-state index is 5.85. The van der Waals surface area contributed by atoms with E-state index in [1.807, 2.05) is 6.07 Å². The van der Waals surface area contributed by atoms with E-state index in [1.54, 1.807) is 0 Å². The molecule has 3 nitrogen and oxygen atoms in total. The Bertz CT molecular complexity index is 351. The highest BCUT2D eigenvalue weighted by molar-refractivity contribution is 9.10. The molecule has 4 heteroatoms. The number of nitrogens with two attached hydrogens (primary N) is 1. The predicted molar refractivity (Wildman–Crippen MR) is 68.2 cm³/mol. The molecule has 0 aromatic carbocycles. The minimum Gasteiger partial charge on any atom is -0.453 e. The summed E-state index contributed by atoms with van der Waals surface area (Å²) < 4.78 is 6.50. The van der Waals surface area contributed by atoms with Gasteiger partial charge in [-0.05, 0) is 67.3 Å². The second kappa shape index (κ2) is 4.90. The molecule has 2 N–H and O–H groups in total. The topological polar surface area (TPSA) is 42.4 Å². The van der Waals surface area contributed by atoms with Crippen LogP contribution in [-0.2, 0) is 0 Å². The van der Waals surface area contributed by atoms with Crippen LogP contribution in [-0.4, -0.2) is 24.0 Å². The van der Waals surface area contributed by atoms with Crippen LogP contribution in [0, 0.1) is 5.92 Å². The van der Waals surface area contributed by atoms with Gasteiger partial charge >= 0.3 is 0 Å². The van der Waals surface area contributed by atoms with Gasteiger partial charge in [-0.25, -0.2) is 0 Å². The van der Waals surface area contributed by atoms with E-state index < -0.39 is 0 Å². The molecule has 2 heterocycles. The van der Waals surface area contributed by atoms with Gasteiger partial charge in [-0.15, -0.1) is 0 Å².